The van der Waals surface area contributed by atoms with Crippen LogP contribution in [-0.2, 0) is 14.3 Å². The maximum atomic E-state index is 13.7. The Morgan fingerprint density at radius 2 is 1.86 bits per heavy atom. The van der Waals surface area contributed by atoms with Gasteiger partial charge in [-0.05, 0) is 43.4 Å². The predicted octanol–water partition coefficient (Wildman–Crippen LogP) is 4.24. The number of hydrogen-bond acceptors (Lipinski definition) is 7. The molecule has 4 rings (SSSR count). The van der Waals surface area contributed by atoms with Gasteiger partial charge < -0.3 is 14.5 Å². The molecule has 0 N–H and O–H groups in total. The zero-order chi connectivity index (χ0) is 25.1. The fraction of sp³-hybridized carbons (Fsp3) is 0.400. The van der Waals surface area contributed by atoms with E-state index in [1.807, 2.05) is 29.2 Å². The number of benzene rings is 2. The van der Waals surface area contributed by atoms with Crippen molar-refractivity contribution >= 4 is 34.9 Å². The molecule has 1 amide bonds. The van der Waals surface area contributed by atoms with Gasteiger partial charge in [-0.1, -0.05) is 29.8 Å². The number of halogens is 1. The van der Waals surface area contributed by atoms with E-state index in [1.54, 1.807) is 17.0 Å². The summed E-state index contributed by atoms with van der Waals surface area (Å²) in [6, 6.07) is 12.7. The van der Waals surface area contributed by atoms with Gasteiger partial charge in [-0.15, -0.1) is 0 Å². The van der Waals surface area contributed by atoms with Crippen molar-refractivity contribution < 1.29 is 19.2 Å². The molecule has 2 fully saturated rings. The first-order valence-corrected chi connectivity index (χ1v) is 11.8. The Kier molecular flexibility index (Phi) is 7.22. The number of likely N-dealkylation sites (tertiary alicyclic amines) is 1. The van der Waals surface area contributed by atoms with E-state index in [1.165, 1.54) is 19.2 Å². The second kappa shape index (κ2) is 10.3. The molecule has 182 valence electrons. The number of piperidine rings is 1. The molecule has 1 unspecified atom stereocenters. The van der Waals surface area contributed by atoms with Gasteiger partial charge in [0.05, 0.1) is 29.3 Å². The third-order valence-electron chi connectivity index (χ3n) is 6.87. The summed E-state index contributed by atoms with van der Waals surface area (Å²) in [7, 11) is 1.32. The molecule has 0 bridgehead atoms. The number of rotatable bonds is 5. The number of nitro groups is 1. The highest BCUT2D eigenvalue weighted by Gasteiger charge is 2.45. The largest absolute Gasteiger partial charge is 0.467 e. The van der Waals surface area contributed by atoms with Gasteiger partial charge in [-0.3, -0.25) is 14.9 Å². The van der Waals surface area contributed by atoms with Crippen molar-refractivity contribution in [3.63, 3.8) is 0 Å². The van der Waals surface area contributed by atoms with Crippen LogP contribution in [0.5, 0.6) is 0 Å². The van der Waals surface area contributed by atoms with E-state index in [0.29, 0.717) is 49.5 Å². The third kappa shape index (κ3) is 4.80. The Labute approximate surface area is 208 Å². The number of carbonyl (C=O) groups is 2. The number of nitrogens with zero attached hydrogens (tertiary/aromatic N) is 4. The normalized spacial score (nSPS) is 20.4. The molecule has 0 spiro atoms. The predicted molar refractivity (Wildman–Crippen MR) is 129 cm³/mol. The van der Waals surface area contributed by atoms with E-state index in [-0.39, 0.29) is 29.1 Å². The first-order chi connectivity index (χ1) is 16.8. The van der Waals surface area contributed by atoms with Crippen molar-refractivity contribution in [2.75, 3.05) is 25.1 Å². The summed E-state index contributed by atoms with van der Waals surface area (Å²) < 4.78 is 4.99. The zero-order valence-electron chi connectivity index (χ0n) is 19.2. The maximum absolute atomic E-state index is 13.7. The number of nitro benzene ring substituents is 1. The van der Waals surface area contributed by atoms with Gasteiger partial charge in [0.1, 0.15) is 12.1 Å². The molecule has 2 saturated heterocycles. The van der Waals surface area contributed by atoms with Gasteiger partial charge in [0.25, 0.3) is 5.69 Å². The van der Waals surface area contributed by atoms with Crippen LogP contribution in [0.25, 0.3) is 0 Å². The molecule has 0 aliphatic carbocycles. The zero-order valence-corrected chi connectivity index (χ0v) is 20.0. The molecule has 2 aliphatic heterocycles. The molecular weight excluding hydrogens is 472 g/mol. The molecule has 0 radical (unpaired) electrons. The van der Waals surface area contributed by atoms with Crippen LogP contribution < -0.4 is 4.90 Å². The first kappa shape index (κ1) is 24.5. The van der Waals surface area contributed by atoms with E-state index in [9.17, 15) is 25.0 Å². The summed E-state index contributed by atoms with van der Waals surface area (Å²) in [6.45, 7) is 1.02. The van der Waals surface area contributed by atoms with E-state index in [4.69, 9.17) is 16.3 Å². The van der Waals surface area contributed by atoms with Crippen LogP contribution in [0.1, 0.15) is 42.9 Å². The summed E-state index contributed by atoms with van der Waals surface area (Å²) >= 11 is 6.44. The lowest BCUT2D eigenvalue weighted by atomic mass is 9.93. The summed E-state index contributed by atoms with van der Waals surface area (Å²) in [5, 5.41) is 21.1. The number of nitriles is 1. The quantitative estimate of drug-likeness (QED) is 0.345. The van der Waals surface area contributed by atoms with Gasteiger partial charge >= 0.3 is 5.97 Å². The van der Waals surface area contributed by atoms with E-state index in [0.717, 1.165) is 5.56 Å². The van der Waals surface area contributed by atoms with Crippen molar-refractivity contribution in [1.82, 2.24) is 4.90 Å². The number of anilines is 1. The Morgan fingerprint density at radius 1 is 1.14 bits per heavy atom. The molecule has 2 aromatic rings. The van der Waals surface area contributed by atoms with E-state index < -0.39 is 16.9 Å². The molecule has 2 aromatic carbocycles. The summed E-state index contributed by atoms with van der Waals surface area (Å²) in [5.41, 5.74) is 1.53. The monoisotopic (exact) mass is 496 g/mol. The number of hydrogen-bond donors (Lipinski definition) is 0. The molecular formula is C25H25ClN4O5. The number of esters is 1. The molecule has 35 heavy (non-hydrogen) atoms. The van der Waals surface area contributed by atoms with Crippen LogP contribution in [0.3, 0.4) is 0 Å². The minimum absolute atomic E-state index is 0.105. The van der Waals surface area contributed by atoms with Gasteiger partial charge in [-0.2, -0.15) is 5.26 Å². The number of amides is 1. The van der Waals surface area contributed by atoms with Crippen LogP contribution in [0, 0.1) is 27.4 Å². The number of ether oxygens (including phenoxy) is 1. The highest BCUT2D eigenvalue weighted by molar-refractivity contribution is 6.31. The van der Waals surface area contributed by atoms with Crippen LogP contribution >= 0.6 is 11.6 Å². The summed E-state index contributed by atoms with van der Waals surface area (Å²) in [4.78, 5) is 40.4. The maximum Gasteiger partial charge on any atom is 0.328 e. The highest BCUT2D eigenvalue weighted by Crippen LogP contribution is 2.41. The Morgan fingerprint density at radius 3 is 2.49 bits per heavy atom. The van der Waals surface area contributed by atoms with Crippen LogP contribution in [0.4, 0.5) is 11.4 Å². The summed E-state index contributed by atoms with van der Waals surface area (Å²) in [5.74, 6) is -0.841. The minimum Gasteiger partial charge on any atom is -0.467 e. The molecule has 0 aromatic heterocycles. The fourth-order valence-electron chi connectivity index (χ4n) is 5.12. The second-order valence-corrected chi connectivity index (χ2v) is 9.14. The van der Waals surface area contributed by atoms with E-state index >= 15 is 0 Å². The van der Waals surface area contributed by atoms with Crippen LogP contribution in [-0.4, -0.2) is 47.9 Å². The molecule has 2 atom stereocenters. The highest BCUT2D eigenvalue weighted by atomic mass is 35.5. The van der Waals surface area contributed by atoms with Gasteiger partial charge in [-0.25, -0.2) is 4.79 Å². The number of carbonyl (C=O) groups excluding carboxylic acids is 2. The van der Waals surface area contributed by atoms with Gasteiger partial charge in [0.15, 0.2) is 0 Å². The average Bonchev–Trinajstić information content (AvgIpc) is 3.32. The Hall–Kier alpha value is -3.64. The lowest BCUT2D eigenvalue weighted by Gasteiger charge is -2.37. The molecule has 10 heteroatoms. The average molecular weight is 497 g/mol. The molecule has 0 saturated carbocycles. The number of methoxy groups -OCH3 is 1. The first-order valence-electron chi connectivity index (χ1n) is 11.4. The third-order valence-corrected chi connectivity index (χ3v) is 7.22. The topological polar surface area (TPSA) is 117 Å². The smallest absolute Gasteiger partial charge is 0.328 e. The van der Waals surface area contributed by atoms with Crippen molar-refractivity contribution in [2.45, 2.75) is 37.8 Å². The summed E-state index contributed by atoms with van der Waals surface area (Å²) in [6.07, 6.45) is 2.17. The van der Waals surface area contributed by atoms with Crippen molar-refractivity contribution in [1.29, 1.82) is 5.26 Å². The molecule has 9 nitrogen and oxygen atoms in total. The lowest BCUT2D eigenvalue weighted by molar-refractivity contribution is -0.384. The Bertz CT molecular complexity index is 1190. The van der Waals surface area contributed by atoms with Crippen molar-refractivity contribution in [2.24, 2.45) is 5.92 Å². The van der Waals surface area contributed by atoms with Crippen molar-refractivity contribution in [3.05, 3.63) is 68.7 Å². The van der Waals surface area contributed by atoms with E-state index in [2.05, 4.69) is 0 Å². The van der Waals surface area contributed by atoms with Crippen LogP contribution in [0.2, 0.25) is 5.02 Å². The lowest BCUT2D eigenvalue weighted by Crippen LogP contribution is -2.48. The Balaban J connectivity index is 1.53. The molecule has 2 heterocycles. The van der Waals surface area contributed by atoms with Crippen LogP contribution in [0.15, 0.2) is 42.5 Å². The minimum atomic E-state index is -0.660. The number of non-ortho nitro benzene ring substituents is 1. The molecule has 2 aliphatic rings. The van der Waals surface area contributed by atoms with Gasteiger partial charge in [0, 0.05) is 36.2 Å². The van der Waals surface area contributed by atoms with Gasteiger partial charge in [0.2, 0.25) is 5.91 Å². The van der Waals surface area contributed by atoms with Crippen molar-refractivity contribution in [3.8, 4) is 6.07 Å². The standard InChI is InChI=1S/C25H25ClN4O5/c1-35-25(32)23-9-8-22(19-4-2-3-5-20(19)26)29(23)24(31)16-10-12-28(13-11-16)21-7-6-18(30(33)34)14-17(21)15-27/h2-7,14,16,22-23H,8-13H2,1H3/t22?,23-/m0/s1. The fourth-order valence-corrected chi connectivity index (χ4v) is 5.38. The SMILES string of the molecule is COC(=O)[C@@H]1CCC(c2ccccc2Cl)N1C(=O)C1CCN(c2ccc([N+](=O)[O-])cc2C#N)CC1. The second-order valence-electron chi connectivity index (χ2n) is 8.73.